The van der Waals surface area contributed by atoms with Gasteiger partial charge in [0.05, 0.1) is 6.61 Å². The van der Waals surface area contributed by atoms with Crippen molar-refractivity contribution < 1.29 is 9.53 Å². The van der Waals surface area contributed by atoms with Gasteiger partial charge in [-0.05, 0) is 37.0 Å². The van der Waals surface area contributed by atoms with Gasteiger partial charge >= 0.3 is 5.97 Å². The lowest BCUT2D eigenvalue weighted by molar-refractivity contribution is -0.144. The predicted molar refractivity (Wildman–Crippen MR) is 84.9 cm³/mol. The SMILES string of the molecule is CCOC(=O)[C@H](N)Cc1cccc(-c2cccc(C)c2)c1. The number of hydrogen-bond donors (Lipinski definition) is 1. The minimum atomic E-state index is -0.613. The van der Waals surface area contributed by atoms with Crippen LogP contribution in [0.2, 0.25) is 0 Å². The largest absolute Gasteiger partial charge is 0.465 e. The van der Waals surface area contributed by atoms with Crippen LogP contribution in [0.1, 0.15) is 18.1 Å². The third-order valence-electron chi connectivity index (χ3n) is 3.32. The predicted octanol–water partition coefficient (Wildman–Crippen LogP) is 3.09. The maximum Gasteiger partial charge on any atom is 0.323 e. The second-order valence-corrected chi connectivity index (χ2v) is 5.13. The van der Waals surface area contributed by atoms with E-state index in [1.54, 1.807) is 6.92 Å². The number of ether oxygens (including phenoxy) is 1. The molecule has 0 aliphatic heterocycles. The Morgan fingerprint density at radius 3 is 2.48 bits per heavy atom. The standard InChI is InChI=1S/C18H21NO2/c1-3-21-18(20)17(19)12-14-7-5-9-16(11-14)15-8-4-6-13(2)10-15/h4-11,17H,3,12,19H2,1-2H3/t17-/m1/s1. The molecule has 0 unspecified atom stereocenters. The first kappa shape index (κ1) is 15.3. The molecule has 0 spiro atoms. The van der Waals surface area contributed by atoms with Gasteiger partial charge in [0.15, 0.2) is 0 Å². The van der Waals surface area contributed by atoms with Crippen LogP contribution in [0, 0.1) is 6.92 Å². The number of nitrogens with two attached hydrogens (primary N) is 1. The van der Waals surface area contributed by atoms with Crippen molar-refractivity contribution in [2.75, 3.05) is 6.61 Å². The van der Waals surface area contributed by atoms with Gasteiger partial charge in [0.25, 0.3) is 0 Å². The zero-order valence-corrected chi connectivity index (χ0v) is 12.5. The molecule has 0 heterocycles. The van der Waals surface area contributed by atoms with Gasteiger partial charge in [0.1, 0.15) is 6.04 Å². The molecule has 2 aromatic carbocycles. The van der Waals surface area contributed by atoms with E-state index in [0.29, 0.717) is 13.0 Å². The van der Waals surface area contributed by atoms with E-state index in [9.17, 15) is 4.79 Å². The molecule has 0 bridgehead atoms. The molecule has 0 amide bonds. The van der Waals surface area contributed by atoms with Crippen LogP contribution in [0.25, 0.3) is 11.1 Å². The second kappa shape index (κ2) is 7.04. The lowest BCUT2D eigenvalue weighted by Gasteiger charge is -2.11. The van der Waals surface area contributed by atoms with Crippen LogP contribution in [-0.4, -0.2) is 18.6 Å². The maximum atomic E-state index is 11.6. The van der Waals surface area contributed by atoms with Crippen molar-refractivity contribution in [1.82, 2.24) is 0 Å². The number of rotatable bonds is 5. The van der Waals surface area contributed by atoms with Crippen molar-refractivity contribution >= 4 is 5.97 Å². The molecule has 3 heteroatoms. The molecule has 2 N–H and O–H groups in total. The van der Waals surface area contributed by atoms with E-state index < -0.39 is 6.04 Å². The molecule has 0 radical (unpaired) electrons. The molecular weight excluding hydrogens is 262 g/mol. The number of benzene rings is 2. The first-order valence-corrected chi connectivity index (χ1v) is 7.18. The molecule has 0 saturated heterocycles. The molecule has 0 saturated carbocycles. The Balaban J connectivity index is 2.16. The van der Waals surface area contributed by atoms with Gasteiger partial charge in [-0.3, -0.25) is 4.79 Å². The molecular formula is C18H21NO2. The summed E-state index contributed by atoms with van der Waals surface area (Å²) >= 11 is 0. The van der Waals surface area contributed by atoms with Gasteiger partial charge in [-0.15, -0.1) is 0 Å². The van der Waals surface area contributed by atoms with Crippen molar-refractivity contribution in [2.24, 2.45) is 5.73 Å². The minimum absolute atomic E-state index is 0.349. The van der Waals surface area contributed by atoms with Crippen molar-refractivity contribution in [3.63, 3.8) is 0 Å². The molecule has 2 aromatic rings. The van der Waals surface area contributed by atoms with Gasteiger partial charge in [-0.25, -0.2) is 0 Å². The number of carbonyl (C=O) groups is 1. The molecule has 0 aliphatic rings. The Kier molecular flexibility index (Phi) is 5.12. The number of esters is 1. The van der Waals surface area contributed by atoms with Crippen LogP contribution in [-0.2, 0) is 16.0 Å². The summed E-state index contributed by atoms with van der Waals surface area (Å²) in [6.07, 6.45) is 0.485. The van der Waals surface area contributed by atoms with E-state index in [2.05, 4.69) is 37.3 Å². The van der Waals surface area contributed by atoms with Crippen molar-refractivity contribution in [3.05, 3.63) is 59.7 Å². The van der Waals surface area contributed by atoms with Crippen molar-refractivity contribution in [2.45, 2.75) is 26.3 Å². The van der Waals surface area contributed by atoms with E-state index in [-0.39, 0.29) is 5.97 Å². The molecule has 1 atom stereocenters. The third-order valence-corrected chi connectivity index (χ3v) is 3.32. The first-order chi connectivity index (χ1) is 10.1. The van der Waals surface area contributed by atoms with Gasteiger partial charge in [-0.1, -0.05) is 54.1 Å². The average molecular weight is 283 g/mol. The van der Waals surface area contributed by atoms with Crippen LogP contribution in [0.15, 0.2) is 48.5 Å². The molecule has 0 aliphatic carbocycles. The molecule has 21 heavy (non-hydrogen) atoms. The fourth-order valence-corrected chi connectivity index (χ4v) is 2.29. The Morgan fingerprint density at radius 1 is 1.14 bits per heavy atom. The van der Waals surface area contributed by atoms with Gasteiger partial charge in [0.2, 0.25) is 0 Å². The Morgan fingerprint density at radius 2 is 1.81 bits per heavy atom. The summed E-state index contributed by atoms with van der Waals surface area (Å²) in [5.41, 5.74) is 10.4. The number of aryl methyl sites for hydroxylation is 1. The fraction of sp³-hybridized carbons (Fsp3) is 0.278. The van der Waals surface area contributed by atoms with Crippen LogP contribution in [0.4, 0.5) is 0 Å². The van der Waals surface area contributed by atoms with Crippen LogP contribution < -0.4 is 5.73 Å². The zero-order valence-electron chi connectivity index (χ0n) is 12.5. The summed E-state index contributed by atoms with van der Waals surface area (Å²) in [5.74, 6) is -0.349. The van der Waals surface area contributed by atoms with E-state index in [1.165, 1.54) is 11.1 Å². The second-order valence-electron chi connectivity index (χ2n) is 5.13. The summed E-state index contributed by atoms with van der Waals surface area (Å²) in [5, 5.41) is 0. The van der Waals surface area contributed by atoms with E-state index in [4.69, 9.17) is 10.5 Å². The van der Waals surface area contributed by atoms with E-state index in [1.807, 2.05) is 18.2 Å². The van der Waals surface area contributed by atoms with Crippen LogP contribution >= 0.6 is 0 Å². The molecule has 2 rings (SSSR count). The quantitative estimate of drug-likeness (QED) is 0.858. The highest BCUT2D eigenvalue weighted by Crippen LogP contribution is 2.22. The minimum Gasteiger partial charge on any atom is -0.465 e. The zero-order chi connectivity index (χ0) is 15.2. The molecule has 3 nitrogen and oxygen atoms in total. The van der Waals surface area contributed by atoms with Crippen LogP contribution in [0.3, 0.4) is 0 Å². The number of hydrogen-bond acceptors (Lipinski definition) is 3. The molecule has 110 valence electrons. The smallest absolute Gasteiger partial charge is 0.323 e. The van der Waals surface area contributed by atoms with E-state index >= 15 is 0 Å². The fourth-order valence-electron chi connectivity index (χ4n) is 2.29. The van der Waals surface area contributed by atoms with Crippen molar-refractivity contribution in [3.8, 4) is 11.1 Å². The van der Waals surface area contributed by atoms with E-state index in [0.717, 1.165) is 11.1 Å². The normalized spacial score (nSPS) is 12.0. The highest BCUT2D eigenvalue weighted by molar-refractivity contribution is 5.76. The third kappa shape index (κ3) is 4.17. The number of carbonyl (C=O) groups excluding carboxylic acids is 1. The topological polar surface area (TPSA) is 52.3 Å². The lowest BCUT2D eigenvalue weighted by atomic mass is 9.99. The van der Waals surface area contributed by atoms with Crippen molar-refractivity contribution in [1.29, 1.82) is 0 Å². The van der Waals surface area contributed by atoms with Crippen LogP contribution in [0.5, 0.6) is 0 Å². The summed E-state index contributed by atoms with van der Waals surface area (Å²) < 4.78 is 4.94. The summed E-state index contributed by atoms with van der Waals surface area (Å²) in [4.78, 5) is 11.6. The Labute approximate surface area is 125 Å². The highest BCUT2D eigenvalue weighted by atomic mass is 16.5. The molecule has 0 aromatic heterocycles. The monoisotopic (exact) mass is 283 g/mol. The molecule has 0 fully saturated rings. The lowest BCUT2D eigenvalue weighted by Crippen LogP contribution is -2.34. The summed E-state index contributed by atoms with van der Waals surface area (Å²) in [6, 6.07) is 15.8. The maximum absolute atomic E-state index is 11.6. The van der Waals surface area contributed by atoms with Gasteiger partial charge in [-0.2, -0.15) is 0 Å². The van der Waals surface area contributed by atoms with Gasteiger partial charge < -0.3 is 10.5 Å². The summed E-state index contributed by atoms with van der Waals surface area (Å²) in [7, 11) is 0. The van der Waals surface area contributed by atoms with Gasteiger partial charge in [0, 0.05) is 0 Å². The Bertz CT molecular complexity index is 622. The Hall–Kier alpha value is -2.13. The highest BCUT2D eigenvalue weighted by Gasteiger charge is 2.15. The summed E-state index contributed by atoms with van der Waals surface area (Å²) in [6.45, 7) is 4.21. The first-order valence-electron chi connectivity index (χ1n) is 7.18. The average Bonchev–Trinajstić information content (AvgIpc) is 2.48.